The second-order valence-corrected chi connectivity index (χ2v) is 9.16. The molecule has 1 aromatic carbocycles. The second kappa shape index (κ2) is 9.09. The molecule has 0 aromatic heterocycles. The highest BCUT2D eigenvalue weighted by molar-refractivity contribution is 7.92. The van der Waals surface area contributed by atoms with Gasteiger partial charge in [0.1, 0.15) is 18.9 Å². The molecule has 172 valence electrons. The number of carbonyl (C=O) groups is 4. The fourth-order valence-electron chi connectivity index (χ4n) is 3.47. The zero-order chi connectivity index (χ0) is 23.6. The summed E-state index contributed by atoms with van der Waals surface area (Å²) in [7, 11) is -1.47. The summed E-state index contributed by atoms with van der Waals surface area (Å²) in [5.74, 6) is -3.55. The molecular formula is C20H21NO10S. The van der Waals surface area contributed by atoms with E-state index in [0.29, 0.717) is 5.56 Å². The van der Waals surface area contributed by atoms with Crippen LogP contribution in [-0.4, -0.2) is 75.2 Å². The van der Waals surface area contributed by atoms with Gasteiger partial charge in [0.2, 0.25) is 0 Å². The number of nitrogens with zero attached hydrogens (tertiary/aromatic N) is 1. The van der Waals surface area contributed by atoms with Gasteiger partial charge in [0, 0.05) is 19.6 Å². The van der Waals surface area contributed by atoms with Gasteiger partial charge in [-0.05, 0) is 17.7 Å². The number of hydrogen-bond donors (Lipinski definition) is 0. The molecule has 1 fully saturated rings. The molecule has 32 heavy (non-hydrogen) atoms. The summed E-state index contributed by atoms with van der Waals surface area (Å²) in [4.78, 5) is 49.1. The maximum absolute atomic E-state index is 12.9. The van der Waals surface area contributed by atoms with E-state index in [1.807, 2.05) is 0 Å². The number of hydrogen-bond acceptors (Lipinski definition) is 10. The number of sulfone groups is 1. The first-order chi connectivity index (χ1) is 15.1. The lowest BCUT2D eigenvalue weighted by molar-refractivity contribution is -0.164. The van der Waals surface area contributed by atoms with Crippen molar-refractivity contribution in [2.75, 3.05) is 26.6 Å². The molecular weight excluding hydrogens is 446 g/mol. The van der Waals surface area contributed by atoms with Crippen LogP contribution in [0.3, 0.4) is 0 Å². The number of carbonyl (C=O) groups excluding carboxylic acids is 4. The lowest BCUT2D eigenvalue weighted by Gasteiger charge is -2.48. The van der Waals surface area contributed by atoms with Crippen LogP contribution in [0.1, 0.15) is 22.8 Å². The smallest absolute Gasteiger partial charge is 0.355 e. The van der Waals surface area contributed by atoms with Crippen molar-refractivity contribution in [3.63, 3.8) is 0 Å². The fourth-order valence-corrected chi connectivity index (χ4v) is 5.48. The number of benzene rings is 1. The minimum Gasteiger partial charge on any atom is -0.465 e. The zero-order valence-corrected chi connectivity index (χ0v) is 18.3. The number of amides is 1. The van der Waals surface area contributed by atoms with Gasteiger partial charge in [-0.3, -0.25) is 14.5 Å². The van der Waals surface area contributed by atoms with Crippen molar-refractivity contribution in [2.24, 2.45) is 0 Å². The zero-order valence-electron chi connectivity index (χ0n) is 17.5. The molecule has 2 unspecified atom stereocenters. The molecule has 0 radical (unpaired) electrons. The Labute approximate surface area is 183 Å². The third-order valence-electron chi connectivity index (χ3n) is 4.93. The summed E-state index contributed by atoms with van der Waals surface area (Å²) in [6.07, 6.45) is -1.24. The molecule has 2 atom stereocenters. The normalized spacial score (nSPS) is 21.3. The van der Waals surface area contributed by atoms with Crippen molar-refractivity contribution in [1.82, 2.24) is 4.90 Å². The van der Waals surface area contributed by atoms with Crippen LogP contribution in [0.4, 0.5) is 0 Å². The van der Waals surface area contributed by atoms with Crippen LogP contribution in [0.25, 0.3) is 0 Å². The molecule has 11 nitrogen and oxygen atoms in total. The van der Waals surface area contributed by atoms with Gasteiger partial charge in [-0.25, -0.2) is 18.0 Å². The highest BCUT2D eigenvalue weighted by Gasteiger charge is 2.60. The van der Waals surface area contributed by atoms with Crippen LogP contribution in [0.5, 0.6) is 0 Å². The number of ether oxygens (including phenoxy) is 4. The first kappa shape index (κ1) is 23.4. The van der Waals surface area contributed by atoms with Crippen LogP contribution in [0.2, 0.25) is 0 Å². The molecule has 1 amide bonds. The Hall–Kier alpha value is -3.25. The van der Waals surface area contributed by atoms with Crippen molar-refractivity contribution >= 4 is 33.7 Å². The van der Waals surface area contributed by atoms with E-state index in [4.69, 9.17) is 14.2 Å². The molecule has 1 aromatic rings. The summed E-state index contributed by atoms with van der Waals surface area (Å²) in [6, 6.07) is 6.18. The fraction of sp³-hybridized carbons (Fsp3) is 0.400. The molecule has 2 aliphatic heterocycles. The average molecular weight is 467 g/mol. The summed E-state index contributed by atoms with van der Waals surface area (Å²) in [5.41, 5.74) is 0.342. The van der Waals surface area contributed by atoms with Gasteiger partial charge in [-0.2, -0.15) is 0 Å². The van der Waals surface area contributed by atoms with Crippen LogP contribution in [-0.2, 0) is 49.8 Å². The molecule has 0 spiro atoms. The quantitative estimate of drug-likeness (QED) is 0.304. The summed E-state index contributed by atoms with van der Waals surface area (Å²) in [5, 5.41) is -1.37. The Morgan fingerprint density at radius 2 is 1.81 bits per heavy atom. The van der Waals surface area contributed by atoms with Gasteiger partial charge in [-0.1, -0.05) is 12.1 Å². The lowest BCUT2D eigenvalue weighted by atomic mass is 10.1. The molecule has 2 aliphatic rings. The number of esters is 3. The second-order valence-electron chi connectivity index (χ2n) is 7.06. The minimum atomic E-state index is -3.89. The number of fused-ring (bicyclic) bond motifs is 1. The van der Waals surface area contributed by atoms with Gasteiger partial charge in [-0.15, -0.1) is 0 Å². The SMILES string of the molecule is COC(=O)c1cccc(COC(=O)C2=C(COC(C)=O)CS(=O)(=O)C3C(OC)C(=O)N23)c1. The summed E-state index contributed by atoms with van der Waals surface area (Å²) >= 11 is 0. The predicted octanol–water partition coefficient (Wildman–Crippen LogP) is -0.0547. The van der Waals surface area contributed by atoms with E-state index < -0.39 is 57.5 Å². The monoisotopic (exact) mass is 467 g/mol. The van der Waals surface area contributed by atoms with Crippen LogP contribution < -0.4 is 0 Å². The molecule has 2 heterocycles. The topological polar surface area (TPSA) is 143 Å². The summed E-state index contributed by atoms with van der Waals surface area (Å²) < 4.78 is 45.1. The highest BCUT2D eigenvalue weighted by atomic mass is 32.2. The molecule has 0 N–H and O–H groups in total. The van der Waals surface area contributed by atoms with E-state index in [-0.39, 0.29) is 23.4 Å². The van der Waals surface area contributed by atoms with Gasteiger partial charge < -0.3 is 18.9 Å². The van der Waals surface area contributed by atoms with E-state index in [2.05, 4.69) is 4.74 Å². The van der Waals surface area contributed by atoms with Crippen molar-refractivity contribution in [1.29, 1.82) is 0 Å². The number of rotatable bonds is 7. The van der Waals surface area contributed by atoms with Crippen LogP contribution >= 0.6 is 0 Å². The van der Waals surface area contributed by atoms with Crippen molar-refractivity contribution in [3.05, 3.63) is 46.7 Å². The Morgan fingerprint density at radius 1 is 1.09 bits per heavy atom. The van der Waals surface area contributed by atoms with Crippen LogP contribution in [0, 0.1) is 0 Å². The van der Waals surface area contributed by atoms with Crippen LogP contribution in [0.15, 0.2) is 35.5 Å². The number of methoxy groups -OCH3 is 2. The van der Waals surface area contributed by atoms with E-state index in [1.165, 1.54) is 26.4 Å². The molecule has 3 rings (SSSR count). The minimum absolute atomic E-state index is 0.0762. The average Bonchev–Trinajstić information content (AvgIpc) is 2.75. The summed E-state index contributed by atoms with van der Waals surface area (Å²) in [6.45, 7) is 0.370. The Bertz CT molecular complexity index is 1110. The third kappa shape index (κ3) is 4.36. The van der Waals surface area contributed by atoms with Gasteiger partial charge in [0.05, 0.1) is 18.4 Å². The van der Waals surface area contributed by atoms with Gasteiger partial charge in [0.15, 0.2) is 21.3 Å². The van der Waals surface area contributed by atoms with E-state index >= 15 is 0 Å². The Kier molecular flexibility index (Phi) is 6.65. The molecule has 0 aliphatic carbocycles. The molecule has 0 saturated carbocycles. The molecule has 0 bridgehead atoms. The predicted molar refractivity (Wildman–Crippen MR) is 106 cm³/mol. The van der Waals surface area contributed by atoms with E-state index in [0.717, 1.165) is 11.8 Å². The first-order valence-corrected chi connectivity index (χ1v) is 11.1. The van der Waals surface area contributed by atoms with Gasteiger partial charge >= 0.3 is 17.9 Å². The standard InChI is InChI=1S/C20H21NO10S/c1-11(22)30-9-14-10-32(26,27)18-16(28-2)17(23)21(18)15(14)20(25)31-8-12-5-4-6-13(7-12)19(24)29-3/h4-7,16,18H,8-10H2,1-3H3. The molecule has 1 saturated heterocycles. The van der Waals surface area contributed by atoms with Crippen molar-refractivity contribution < 1.29 is 46.5 Å². The highest BCUT2D eigenvalue weighted by Crippen LogP contribution is 2.38. The number of β-lactam (4-membered cyclic amide) rings is 1. The Morgan fingerprint density at radius 3 is 2.44 bits per heavy atom. The third-order valence-corrected chi connectivity index (χ3v) is 6.87. The largest absolute Gasteiger partial charge is 0.465 e. The van der Waals surface area contributed by atoms with Gasteiger partial charge in [0.25, 0.3) is 5.91 Å². The van der Waals surface area contributed by atoms with Crippen molar-refractivity contribution in [3.8, 4) is 0 Å². The maximum Gasteiger partial charge on any atom is 0.355 e. The van der Waals surface area contributed by atoms with E-state index in [1.54, 1.807) is 12.1 Å². The Balaban J connectivity index is 1.88. The molecule has 12 heteroatoms. The maximum atomic E-state index is 12.9. The first-order valence-electron chi connectivity index (χ1n) is 9.38. The van der Waals surface area contributed by atoms with E-state index in [9.17, 15) is 27.6 Å². The lowest BCUT2D eigenvalue weighted by Crippen LogP contribution is -2.70. The van der Waals surface area contributed by atoms with Crippen molar-refractivity contribution in [2.45, 2.75) is 25.0 Å².